The van der Waals surface area contributed by atoms with Crippen molar-refractivity contribution >= 4 is 48.1 Å². The number of unbranched alkanes of at least 4 members (excludes halogenated alkanes) is 2. The van der Waals surface area contributed by atoms with E-state index in [1.54, 1.807) is 0 Å². The molecule has 15 nitrogen and oxygen atoms in total. The fourth-order valence-corrected chi connectivity index (χ4v) is 3.92. The van der Waals surface area contributed by atoms with Gasteiger partial charge in [0.05, 0.1) is 19.1 Å². The Morgan fingerprint density at radius 2 is 1.17 bits per heavy atom. The molecular formula is C25H48N8O7S. The molecule has 0 fully saturated rings. The fraction of sp³-hybridized carbons (Fsp3) is 0.760. The lowest BCUT2D eigenvalue weighted by Gasteiger charge is -2.23. The first-order valence-electron chi connectivity index (χ1n) is 13.8. The van der Waals surface area contributed by atoms with Gasteiger partial charge in [0.1, 0.15) is 18.1 Å². The van der Waals surface area contributed by atoms with Gasteiger partial charge in [0, 0.05) is 5.75 Å². The summed E-state index contributed by atoms with van der Waals surface area (Å²) in [5.41, 5.74) is 16.9. The van der Waals surface area contributed by atoms with Crippen molar-refractivity contribution < 1.29 is 33.9 Å². The van der Waals surface area contributed by atoms with E-state index in [1.165, 1.54) is 0 Å². The van der Waals surface area contributed by atoms with Gasteiger partial charge in [-0.25, -0.2) is 4.79 Å². The standard InChI is InChI=1S/C25H48N8O7S/c1-15(2)11-16(28)22(36)29-12-20(34)31-18(8-4-6-10-27)24(38)33-17(7-3-5-9-26)23(37)30-13-21(35)32-19(14-41)25(39)40/h15-19,41H,3-14,26-28H2,1-2H3,(H,29,36)(H,30,37)(H,31,34)(H,32,35)(H,33,38)(H,39,40)/t16-,17-,18-,19-/m0/s1. The number of carbonyl (C=O) groups excluding carboxylic acids is 5. The zero-order chi connectivity index (χ0) is 31.4. The molecule has 41 heavy (non-hydrogen) atoms. The van der Waals surface area contributed by atoms with Gasteiger partial charge in [-0.05, 0) is 64.0 Å². The Kier molecular flexibility index (Phi) is 20.2. The summed E-state index contributed by atoms with van der Waals surface area (Å²) in [6.45, 7) is 3.69. The van der Waals surface area contributed by atoms with Gasteiger partial charge < -0.3 is 48.9 Å². The Bertz CT molecular complexity index is 862. The van der Waals surface area contributed by atoms with Crippen LogP contribution in [0.1, 0.15) is 58.8 Å². The number of aliphatic carboxylic acids is 1. The Morgan fingerprint density at radius 3 is 1.61 bits per heavy atom. The molecule has 5 amide bonds. The predicted octanol–water partition coefficient (Wildman–Crippen LogP) is -2.68. The van der Waals surface area contributed by atoms with Gasteiger partial charge in [-0.15, -0.1) is 0 Å². The number of hydrogen-bond acceptors (Lipinski definition) is 10. The summed E-state index contributed by atoms with van der Waals surface area (Å²) in [5.74, 6) is -4.35. The number of thiol groups is 1. The molecule has 0 heterocycles. The van der Waals surface area contributed by atoms with Crippen LogP contribution in [0.2, 0.25) is 0 Å². The monoisotopic (exact) mass is 604 g/mol. The zero-order valence-corrected chi connectivity index (χ0v) is 24.8. The Labute approximate surface area is 246 Å². The van der Waals surface area contributed by atoms with Crippen molar-refractivity contribution in [1.82, 2.24) is 26.6 Å². The maximum Gasteiger partial charge on any atom is 0.327 e. The van der Waals surface area contributed by atoms with Crippen LogP contribution in [-0.2, 0) is 28.8 Å². The molecule has 16 heteroatoms. The number of carbonyl (C=O) groups is 6. The largest absolute Gasteiger partial charge is 0.480 e. The van der Waals surface area contributed by atoms with Crippen molar-refractivity contribution in [3.63, 3.8) is 0 Å². The third-order valence-corrected chi connectivity index (χ3v) is 6.27. The first-order chi connectivity index (χ1) is 19.4. The average Bonchev–Trinajstić information content (AvgIpc) is 2.91. The van der Waals surface area contributed by atoms with Gasteiger partial charge in [-0.1, -0.05) is 13.8 Å². The van der Waals surface area contributed by atoms with Crippen molar-refractivity contribution in [2.24, 2.45) is 23.1 Å². The number of nitrogens with one attached hydrogen (secondary N) is 5. The van der Waals surface area contributed by atoms with Gasteiger partial charge >= 0.3 is 5.97 Å². The number of amides is 5. The maximum absolute atomic E-state index is 13.2. The van der Waals surface area contributed by atoms with Crippen molar-refractivity contribution in [2.45, 2.75) is 83.0 Å². The van der Waals surface area contributed by atoms with Gasteiger partial charge in [0.15, 0.2) is 0 Å². The highest BCUT2D eigenvalue weighted by molar-refractivity contribution is 7.80. The van der Waals surface area contributed by atoms with E-state index in [9.17, 15) is 28.8 Å². The molecule has 0 aromatic heterocycles. The van der Waals surface area contributed by atoms with Crippen LogP contribution in [-0.4, -0.2) is 96.7 Å². The lowest BCUT2D eigenvalue weighted by Crippen LogP contribution is -2.56. The normalized spacial score (nSPS) is 13.8. The molecule has 0 rings (SSSR count). The minimum Gasteiger partial charge on any atom is -0.480 e. The summed E-state index contributed by atoms with van der Waals surface area (Å²) in [5, 5.41) is 21.3. The fourth-order valence-electron chi connectivity index (χ4n) is 3.68. The second-order valence-corrected chi connectivity index (χ2v) is 10.4. The Hall–Kier alpha value is -2.95. The quantitative estimate of drug-likeness (QED) is 0.0452. The molecule has 0 aliphatic rings. The summed E-state index contributed by atoms with van der Waals surface area (Å²) >= 11 is 3.87. The second kappa shape index (κ2) is 21.8. The molecule has 0 bridgehead atoms. The van der Waals surface area contributed by atoms with Crippen molar-refractivity contribution in [2.75, 3.05) is 31.9 Å². The summed E-state index contributed by atoms with van der Waals surface area (Å²) in [4.78, 5) is 73.9. The molecule has 0 unspecified atom stereocenters. The van der Waals surface area contributed by atoms with E-state index < -0.39 is 66.2 Å². The number of carboxylic acid groups (broad SMARTS) is 1. The molecule has 0 saturated heterocycles. The van der Waals surface area contributed by atoms with Gasteiger partial charge in [0.2, 0.25) is 29.5 Å². The topological polar surface area (TPSA) is 261 Å². The van der Waals surface area contributed by atoms with Gasteiger partial charge in [-0.3, -0.25) is 24.0 Å². The van der Waals surface area contributed by atoms with Crippen LogP contribution in [0.15, 0.2) is 0 Å². The highest BCUT2D eigenvalue weighted by Gasteiger charge is 2.27. The van der Waals surface area contributed by atoms with Gasteiger partial charge in [-0.2, -0.15) is 12.6 Å². The molecule has 0 radical (unpaired) electrons. The molecule has 236 valence electrons. The molecule has 4 atom stereocenters. The van der Waals surface area contributed by atoms with Crippen molar-refractivity contribution in [3.05, 3.63) is 0 Å². The van der Waals surface area contributed by atoms with E-state index >= 15 is 0 Å². The van der Waals surface area contributed by atoms with Crippen LogP contribution in [0.25, 0.3) is 0 Å². The number of nitrogens with two attached hydrogens (primary N) is 3. The van der Waals surface area contributed by atoms with E-state index in [1.807, 2.05) is 13.8 Å². The van der Waals surface area contributed by atoms with E-state index in [0.717, 1.165) is 0 Å². The van der Waals surface area contributed by atoms with Crippen LogP contribution in [0, 0.1) is 5.92 Å². The van der Waals surface area contributed by atoms with E-state index in [0.29, 0.717) is 45.2 Å². The van der Waals surface area contributed by atoms with Crippen LogP contribution in [0.3, 0.4) is 0 Å². The molecule has 0 aliphatic heterocycles. The minimum atomic E-state index is -1.27. The van der Waals surface area contributed by atoms with Crippen molar-refractivity contribution in [1.29, 1.82) is 0 Å². The average molecular weight is 605 g/mol. The Balaban J connectivity index is 5.32. The first kappa shape index (κ1) is 38.0. The van der Waals surface area contributed by atoms with E-state index in [2.05, 4.69) is 39.2 Å². The molecule has 0 aromatic carbocycles. The third-order valence-electron chi connectivity index (χ3n) is 5.90. The molecule has 0 aromatic rings. The second-order valence-electron chi connectivity index (χ2n) is 10.1. The number of rotatable bonds is 22. The van der Waals surface area contributed by atoms with E-state index in [-0.39, 0.29) is 31.1 Å². The summed E-state index contributed by atoms with van der Waals surface area (Å²) < 4.78 is 0. The van der Waals surface area contributed by atoms with Crippen LogP contribution < -0.4 is 43.8 Å². The van der Waals surface area contributed by atoms with Crippen LogP contribution >= 0.6 is 12.6 Å². The Morgan fingerprint density at radius 1 is 0.707 bits per heavy atom. The van der Waals surface area contributed by atoms with E-state index in [4.69, 9.17) is 22.3 Å². The highest BCUT2D eigenvalue weighted by atomic mass is 32.1. The lowest BCUT2D eigenvalue weighted by molar-refractivity contribution is -0.141. The number of hydrogen-bond donors (Lipinski definition) is 10. The summed E-state index contributed by atoms with van der Waals surface area (Å²) in [6.07, 6.45) is 3.07. The lowest BCUT2D eigenvalue weighted by atomic mass is 10.0. The molecular weight excluding hydrogens is 556 g/mol. The molecule has 12 N–H and O–H groups in total. The molecule has 0 aliphatic carbocycles. The minimum absolute atomic E-state index is 0.140. The summed E-state index contributed by atoms with van der Waals surface area (Å²) in [6, 6.07) is -4.06. The summed E-state index contributed by atoms with van der Waals surface area (Å²) in [7, 11) is 0. The highest BCUT2D eigenvalue weighted by Crippen LogP contribution is 2.06. The molecule has 0 spiro atoms. The first-order valence-corrected chi connectivity index (χ1v) is 14.4. The number of carboxylic acids is 1. The SMILES string of the molecule is CC(C)C[C@H](N)C(=O)NCC(=O)N[C@@H](CCCCN)C(=O)N[C@@H](CCCCN)C(=O)NCC(=O)N[C@@H](CS)C(=O)O. The van der Waals surface area contributed by atoms with Crippen LogP contribution in [0.5, 0.6) is 0 Å². The predicted molar refractivity (Wildman–Crippen MR) is 157 cm³/mol. The third kappa shape index (κ3) is 17.5. The smallest absolute Gasteiger partial charge is 0.327 e. The van der Waals surface area contributed by atoms with Crippen molar-refractivity contribution in [3.8, 4) is 0 Å². The zero-order valence-electron chi connectivity index (χ0n) is 23.9. The van der Waals surface area contributed by atoms with Crippen LogP contribution in [0.4, 0.5) is 0 Å². The molecule has 0 saturated carbocycles. The van der Waals surface area contributed by atoms with Gasteiger partial charge in [0.25, 0.3) is 0 Å². The maximum atomic E-state index is 13.2.